The minimum atomic E-state index is 0.396. The number of hydrogen-bond acceptors (Lipinski definition) is 3. The molecule has 3 nitrogen and oxygen atoms in total. The van der Waals surface area contributed by atoms with E-state index in [4.69, 9.17) is 4.74 Å². The van der Waals surface area contributed by atoms with Gasteiger partial charge in [-0.05, 0) is 24.5 Å². The molecule has 1 aliphatic carbocycles. The second-order valence-electron chi connectivity index (χ2n) is 4.34. The number of hydrogen-bond donors (Lipinski definition) is 0. The van der Waals surface area contributed by atoms with Gasteiger partial charge >= 0.3 is 0 Å². The highest BCUT2D eigenvalue weighted by Crippen LogP contribution is 2.29. The summed E-state index contributed by atoms with van der Waals surface area (Å²) in [7, 11) is 1.68. The standard InChI is InChI=1S/C13H17NO2/c1-16-9-10-2-7-13(14-8-10)11-3-5-12(15)6-4-11/h2,7-8,11H,3-6,9H2,1H3. The molecule has 1 saturated carbocycles. The fourth-order valence-electron chi connectivity index (χ4n) is 2.17. The molecule has 0 unspecified atom stereocenters. The zero-order valence-corrected chi connectivity index (χ0v) is 9.61. The van der Waals surface area contributed by atoms with E-state index in [9.17, 15) is 4.79 Å². The van der Waals surface area contributed by atoms with E-state index in [1.54, 1.807) is 7.11 Å². The van der Waals surface area contributed by atoms with Gasteiger partial charge in [-0.1, -0.05) is 6.07 Å². The first-order valence-electron chi connectivity index (χ1n) is 5.75. The highest BCUT2D eigenvalue weighted by Gasteiger charge is 2.20. The molecule has 1 aromatic heterocycles. The van der Waals surface area contributed by atoms with Crippen molar-refractivity contribution in [2.24, 2.45) is 0 Å². The van der Waals surface area contributed by atoms with Crippen molar-refractivity contribution >= 4 is 5.78 Å². The van der Waals surface area contributed by atoms with Gasteiger partial charge in [0.25, 0.3) is 0 Å². The lowest BCUT2D eigenvalue weighted by molar-refractivity contribution is -0.120. The van der Waals surface area contributed by atoms with E-state index in [1.165, 1.54) is 0 Å². The summed E-state index contributed by atoms with van der Waals surface area (Å²) in [5.74, 6) is 0.863. The van der Waals surface area contributed by atoms with Crippen LogP contribution < -0.4 is 0 Å². The maximum Gasteiger partial charge on any atom is 0.132 e. The number of ether oxygens (including phenoxy) is 1. The molecule has 0 spiro atoms. The van der Waals surface area contributed by atoms with Gasteiger partial charge in [0.05, 0.1) is 6.61 Å². The number of aromatic nitrogens is 1. The Hall–Kier alpha value is -1.22. The van der Waals surface area contributed by atoms with Crippen molar-refractivity contribution in [2.75, 3.05) is 7.11 Å². The summed E-state index contributed by atoms with van der Waals surface area (Å²) in [5.41, 5.74) is 2.21. The number of nitrogens with zero attached hydrogens (tertiary/aromatic N) is 1. The minimum absolute atomic E-state index is 0.396. The van der Waals surface area contributed by atoms with Crippen LogP contribution in [0.25, 0.3) is 0 Å². The summed E-state index contributed by atoms with van der Waals surface area (Å²) < 4.78 is 5.04. The third-order valence-corrected chi connectivity index (χ3v) is 3.12. The number of pyridine rings is 1. The molecule has 86 valence electrons. The van der Waals surface area contributed by atoms with Gasteiger partial charge in [0, 0.05) is 37.8 Å². The Morgan fingerprint density at radius 1 is 1.38 bits per heavy atom. The monoisotopic (exact) mass is 219 g/mol. The van der Waals surface area contributed by atoms with Crippen molar-refractivity contribution in [3.63, 3.8) is 0 Å². The van der Waals surface area contributed by atoms with Gasteiger partial charge in [0.1, 0.15) is 5.78 Å². The maximum absolute atomic E-state index is 11.1. The van der Waals surface area contributed by atoms with Gasteiger partial charge < -0.3 is 4.74 Å². The Balaban J connectivity index is 2.01. The van der Waals surface area contributed by atoms with Gasteiger partial charge in [0.15, 0.2) is 0 Å². The van der Waals surface area contributed by atoms with Crippen molar-refractivity contribution in [1.82, 2.24) is 4.98 Å². The molecule has 0 N–H and O–H groups in total. The number of ketones is 1. The highest BCUT2D eigenvalue weighted by atomic mass is 16.5. The smallest absolute Gasteiger partial charge is 0.132 e. The van der Waals surface area contributed by atoms with Crippen LogP contribution in [0, 0.1) is 0 Å². The lowest BCUT2D eigenvalue weighted by Crippen LogP contribution is -2.13. The average molecular weight is 219 g/mol. The minimum Gasteiger partial charge on any atom is -0.380 e. The van der Waals surface area contributed by atoms with Gasteiger partial charge in [-0.2, -0.15) is 0 Å². The SMILES string of the molecule is COCc1ccc(C2CCC(=O)CC2)nc1. The van der Waals surface area contributed by atoms with Crippen LogP contribution in [0.2, 0.25) is 0 Å². The van der Waals surface area contributed by atoms with E-state index < -0.39 is 0 Å². The van der Waals surface area contributed by atoms with Gasteiger partial charge in [-0.25, -0.2) is 0 Å². The lowest BCUT2D eigenvalue weighted by Gasteiger charge is -2.20. The number of carbonyl (C=O) groups is 1. The van der Waals surface area contributed by atoms with E-state index in [1.807, 2.05) is 6.20 Å². The van der Waals surface area contributed by atoms with Crippen LogP contribution in [0.4, 0.5) is 0 Å². The largest absolute Gasteiger partial charge is 0.380 e. The van der Waals surface area contributed by atoms with Crippen molar-refractivity contribution in [1.29, 1.82) is 0 Å². The molecule has 3 heteroatoms. The first-order chi connectivity index (χ1) is 7.79. The van der Waals surface area contributed by atoms with E-state index in [0.29, 0.717) is 31.1 Å². The number of methoxy groups -OCH3 is 1. The van der Waals surface area contributed by atoms with Gasteiger partial charge in [-0.15, -0.1) is 0 Å². The van der Waals surface area contributed by atoms with Crippen LogP contribution >= 0.6 is 0 Å². The van der Waals surface area contributed by atoms with Crippen LogP contribution in [-0.4, -0.2) is 17.9 Å². The summed E-state index contributed by atoms with van der Waals surface area (Å²) in [6.07, 6.45) is 5.21. The normalized spacial score (nSPS) is 17.7. The van der Waals surface area contributed by atoms with Crippen molar-refractivity contribution < 1.29 is 9.53 Å². The third-order valence-electron chi connectivity index (χ3n) is 3.12. The predicted octanol–water partition coefficient (Wildman–Crippen LogP) is 2.45. The fraction of sp³-hybridized carbons (Fsp3) is 0.538. The molecule has 0 atom stereocenters. The van der Waals surface area contributed by atoms with E-state index in [-0.39, 0.29) is 0 Å². The molecule has 1 heterocycles. The maximum atomic E-state index is 11.1. The van der Waals surface area contributed by atoms with E-state index >= 15 is 0 Å². The molecule has 16 heavy (non-hydrogen) atoms. The Morgan fingerprint density at radius 3 is 2.69 bits per heavy atom. The molecule has 1 aliphatic rings. The van der Waals surface area contributed by atoms with Crippen molar-refractivity contribution in [3.8, 4) is 0 Å². The summed E-state index contributed by atoms with van der Waals surface area (Å²) >= 11 is 0. The second-order valence-corrected chi connectivity index (χ2v) is 4.34. The molecular formula is C13H17NO2. The van der Waals surface area contributed by atoms with Crippen LogP contribution in [0.5, 0.6) is 0 Å². The summed E-state index contributed by atoms with van der Waals surface area (Å²) in [5, 5.41) is 0. The van der Waals surface area contributed by atoms with Gasteiger partial charge in [-0.3, -0.25) is 9.78 Å². The summed E-state index contributed by atoms with van der Waals surface area (Å²) in [6.45, 7) is 0.608. The van der Waals surface area contributed by atoms with Crippen molar-refractivity contribution in [3.05, 3.63) is 29.6 Å². The molecule has 0 radical (unpaired) electrons. The Morgan fingerprint density at radius 2 is 2.12 bits per heavy atom. The number of Topliss-reactive ketones (excluding diaryl/α,β-unsaturated/α-hetero) is 1. The molecular weight excluding hydrogens is 202 g/mol. The molecule has 0 aromatic carbocycles. The Kier molecular flexibility index (Phi) is 3.67. The Labute approximate surface area is 95.8 Å². The van der Waals surface area contributed by atoms with Crippen LogP contribution in [0.1, 0.15) is 42.9 Å². The third kappa shape index (κ3) is 2.67. The van der Waals surface area contributed by atoms with Crippen LogP contribution in [0.15, 0.2) is 18.3 Å². The second kappa shape index (κ2) is 5.21. The van der Waals surface area contributed by atoms with E-state index in [0.717, 1.165) is 24.1 Å². The van der Waals surface area contributed by atoms with Crippen LogP contribution in [-0.2, 0) is 16.1 Å². The Bertz CT molecular complexity index is 349. The molecule has 0 bridgehead atoms. The first kappa shape index (κ1) is 11.3. The molecule has 1 fully saturated rings. The number of rotatable bonds is 3. The molecule has 0 amide bonds. The fourth-order valence-corrected chi connectivity index (χ4v) is 2.17. The topological polar surface area (TPSA) is 39.2 Å². The van der Waals surface area contributed by atoms with E-state index in [2.05, 4.69) is 17.1 Å². The number of carbonyl (C=O) groups excluding carboxylic acids is 1. The zero-order chi connectivity index (χ0) is 11.4. The molecule has 0 saturated heterocycles. The zero-order valence-electron chi connectivity index (χ0n) is 9.61. The molecule has 2 rings (SSSR count). The lowest BCUT2D eigenvalue weighted by atomic mass is 9.86. The molecule has 0 aliphatic heterocycles. The predicted molar refractivity (Wildman–Crippen MR) is 61.2 cm³/mol. The quantitative estimate of drug-likeness (QED) is 0.783. The van der Waals surface area contributed by atoms with Gasteiger partial charge in [0.2, 0.25) is 0 Å². The molecule has 1 aromatic rings. The summed E-state index contributed by atoms with van der Waals surface area (Å²) in [6, 6.07) is 4.12. The van der Waals surface area contributed by atoms with Crippen LogP contribution in [0.3, 0.4) is 0 Å². The first-order valence-corrected chi connectivity index (χ1v) is 5.75. The highest BCUT2D eigenvalue weighted by molar-refractivity contribution is 5.79. The summed E-state index contributed by atoms with van der Waals surface area (Å²) in [4.78, 5) is 15.6. The average Bonchev–Trinajstić information content (AvgIpc) is 2.32. The van der Waals surface area contributed by atoms with Crippen molar-refractivity contribution in [2.45, 2.75) is 38.2 Å².